The molecule has 1 heterocycles. The zero-order valence-electron chi connectivity index (χ0n) is 8.52. The van der Waals surface area contributed by atoms with E-state index in [-0.39, 0.29) is 0 Å². The van der Waals surface area contributed by atoms with E-state index in [1.54, 1.807) is 0 Å². The lowest BCUT2D eigenvalue weighted by Crippen LogP contribution is -2.00. The van der Waals surface area contributed by atoms with Crippen LogP contribution in [0.2, 0.25) is 0 Å². The van der Waals surface area contributed by atoms with E-state index < -0.39 is 0 Å². The average molecular weight is 173 g/mol. The van der Waals surface area contributed by atoms with Gasteiger partial charge in [0, 0.05) is 12.6 Å². The summed E-state index contributed by atoms with van der Waals surface area (Å²) >= 11 is 0. The fourth-order valence-corrected chi connectivity index (χ4v) is 1.27. The molecule has 1 heteroatoms. The van der Waals surface area contributed by atoms with E-state index in [0.717, 1.165) is 18.5 Å². The Labute approximate surface area is 80.2 Å². The first-order valence-corrected chi connectivity index (χ1v) is 4.76. The van der Waals surface area contributed by atoms with Gasteiger partial charge in [0.2, 0.25) is 0 Å². The molecule has 0 N–H and O–H groups in total. The summed E-state index contributed by atoms with van der Waals surface area (Å²) < 4.78 is 0. The molecule has 0 spiro atoms. The van der Waals surface area contributed by atoms with Gasteiger partial charge in [-0.15, -0.1) is 0 Å². The van der Waals surface area contributed by atoms with Crippen molar-refractivity contribution in [3.8, 4) is 11.8 Å². The van der Waals surface area contributed by atoms with E-state index in [2.05, 4.69) is 29.8 Å². The fourth-order valence-electron chi connectivity index (χ4n) is 1.27. The molecule has 0 amide bonds. The number of nitrogens with zero attached hydrogens (tertiary/aromatic N) is 1. The molecular formula is C12H15N. The van der Waals surface area contributed by atoms with Crippen LogP contribution >= 0.6 is 0 Å². The van der Waals surface area contributed by atoms with Gasteiger partial charge in [-0.3, -0.25) is 4.98 Å². The number of aromatic nitrogens is 1. The first kappa shape index (κ1) is 9.80. The molecule has 1 aromatic heterocycles. The fraction of sp³-hybridized carbons (Fsp3) is 0.417. The molecule has 1 aromatic rings. The van der Waals surface area contributed by atoms with Crippen LogP contribution in [0, 0.1) is 18.8 Å². The van der Waals surface area contributed by atoms with Gasteiger partial charge in [0.15, 0.2) is 0 Å². The smallest absolute Gasteiger partial charge is 0.0564 e. The van der Waals surface area contributed by atoms with Crippen LogP contribution in [0.1, 0.15) is 30.7 Å². The third-order valence-corrected chi connectivity index (χ3v) is 1.86. The summed E-state index contributed by atoms with van der Waals surface area (Å²) in [5.74, 6) is 6.13. The van der Waals surface area contributed by atoms with Gasteiger partial charge in [-0.05, 0) is 18.1 Å². The second-order valence-corrected chi connectivity index (χ2v) is 2.83. The number of aryl methyl sites for hydroxylation is 1. The van der Waals surface area contributed by atoms with Crippen LogP contribution in [-0.2, 0) is 12.8 Å². The molecule has 0 atom stereocenters. The minimum Gasteiger partial charge on any atom is -0.260 e. The van der Waals surface area contributed by atoms with Gasteiger partial charge in [-0.1, -0.05) is 31.8 Å². The van der Waals surface area contributed by atoms with Crippen LogP contribution in [0.3, 0.4) is 0 Å². The molecule has 68 valence electrons. The predicted octanol–water partition coefficient (Wildman–Crippen LogP) is 2.52. The molecule has 0 fully saturated rings. The van der Waals surface area contributed by atoms with E-state index in [1.165, 1.54) is 11.1 Å². The van der Waals surface area contributed by atoms with Crippen molar-refractivity contribution in [3.63, 3.8) is 0 Å². The molecule has 1 aliphatic rings. The maximum Gasteiger partial charge on any atom is 0.0564 e. The van der Waals surface area contributed by atoms with Gasteiger partial charge < -0.3 is 0 Å². The van der Waals surface area contributed by atoms with Crippen LogP contribution in [0.15, 0.2) is 12.3 Å². The first-order valence-electron chi connectivity index (χ1n) is 4.76. The van der Waals surface area contributed by atoms with Gasteiger partial charge in [0.25, 0.3) is 0 Å². The Balaban J connectivity index is 0.000000396. The normalized spacial score (nSPS) is 11.6. The molecule has 0 bridgehead atoms. The third kappa shape index (κ3) is 2.32. The minimum absolute atomic E-state index is 0.829. The number of fused-ring (bicyclic) bond motifs is 1. The Kier molecular flexibility index (Phi) is 3.52. The standard InChI is InChI=1S/C10H9N.C2H6/c1-8-6-9-4-2-3-5-10(9)11-7-8;1-2/h6-7H,4-5H2,1H3;1-2H3. The molecule has 2 rings (SSSR count). The molecule has 0 saturated carbocycles. The predicted molar refractivity (Wildman–Crippen MR) is 55.5 cm³/mol. The van der Waals surface area contributed by atoms with Gasteiger partial charge in [-0.2, -0.15) is 0 Å². The molecule has 0 aromatic carbocycles. The highest BCUT2D eigenvalue weighted by Crippen LogP contribution is 2.11. The minimum atomic E-state index is 0.829. The maximum absolute atomic E-state index is 4.32. The molecule has 0 saturated heterocycles. The number of hydrogen-bond donors (Lipinski definition) is 0. The van der Waals surface area contributed by atoms with Crippen molar-refractivity contribution in [2.75, 3.05) is 0 Å². The summed E-state index contributed by atoms with van der Waals surface area (Å²) in [6.07, 6.45) is 3.62. The van der Waals surface area contributed by atoms with E-state index in [0.29, 0.717) is 0 Å². The zero-order chi connectivity index (χ0) is 9.68. The highest BCUT2D eigenvalue weighted by atomic mass is 14.7. The Bertz CT molecular complexity index is 342. The van der Waals surface area contributed by atoms with Crippen LogP contribution in [0.5, 0.6) is 0 Å². The van der Waals surface area contributed by atoms with Gasteiger partial charge in [-0.25, -0.2) is 0 Å². The van der Waals surface area contributed by atoms with Crippen molar-refractivity contribution in [1.29, 1.82) is 0 Å². The maximum atomic E-state index is 4.32. The third-order valence-electron chi connectivity index (χ3n) is 1.86. The van der Waals surface area contributed by atoms with Gasteiger partial charge in [0.05, 0.1) is 12.1 Å². The van der Waals surface area contributed by atoms with E-state index in [1.807, 2.05) is 20.0 Å². The Morgan fingerprint density at radius 3 is 2.69 bits per heavy atom. The van der Waals surface area contributed by atoms with Crippen LogP contribution < -0.4 is 0 Å². The van der Waals surface area contributed by atoms with Crippen LogP contribution in [-0.4, -0.2) is 4.98 Å². The summed E-state index contributed by atoms with van der Waals surface area (Å²) in [6, 6.07) is 2.18. The Hall–Kier alpha value is -1.29. The largest absolute Gasteiger partial charge is 0.260 e. The van der Waals surface area contributed by atoms with Gasteiger partial charge in [0.1, 0.15) is 0 Å². The van der Waals surface area contributed by atoms with Crippen molar-refractivity contribution in [2.24, 2.45) is 0 Å². The van der Waals surface area contributed by atoms with E-state index in [4.69, 9.17) is 0 Å². The van der Waals surface area contributed by atoms with E-state index in [9.17, 15) is 0 Å². The summed E-state index contributed by atoms with van der Waals surface area (Å²) in [4.78, 5) is 4.32. The zero-order valence-corrected chi connectivity index (χ0v) is 8.52. The van der Waals surface area contributed by atoms with Crippen LogP contribution in [0.4, 0.5) is 0 Å². The lowest BCUT2D eigenvalue weighted by Gasteiger charge is -2.06. The summed E-state index contributed by atoms with van der Waals surface area (Å²) in [5.41, 5.74) is 3.70. The lowest BCUT2D eigenvalue weighted by atomic mass is 10.0. The quantitative estimate of drug-likeness (QED) is 0.549. The van der Waals surface area contributed by atoms with Crippen molar-refractivity contribution in [3.05, 3.63) is 29.1 Å². The first-order chi connectivity index (χ1) is 6.36. The summed E-state index contributed by atoms with van der Waals surface area (Å²) in [5, 5.41) is 0. The molecule has 1 aliphatic carbocycles. The van der Waals surface area contributed by atoms with Crippen LogP contribution in [0.25, 0.3) is 0 Å². The second kappa shape index (κ2) is 4.67. The second-order valence-electron chi connectivity index (χ2n) is 2.83. The van der Waals surface area contributed by atoms with E-state index >= 15 is 0 Å². The highest BCUT2D eigenvalue weighted by Gasteiger charge is 2.04. The number of rotatable bonds is 0. The lowest BCUT2D eigenvalue weighted by molar-refractivity contribution is 1.03. The molecular weight excluding hydrogens is 158 g/mol. The summed E-state index contributed by atoms with van der Waals surface area (Å²) in [7, 11) is 0. The summed E-state index contributed by atoms with van der Waals surface area (Å²) in [6.45, 7) is 6.06. The number of pyridine rings is 1. The topological polar surface area (TPSA) is 12.9 Å². The Morgan fingerprint density at radius 1 is 1.23 bits per heavy atom. The highest BCUT2D eigenvalue weighted by molar-refractivity contribution is 5.34. The van der Waals surface area contributed by atoms with Crippen molar-refractivity contribution in [2.45, 2.75) is 33.6 Å². The van der Waals surface area contributed by atoms with Crippen molar-refractivity contribution in [1.82, 2.24) is 4.98 Å². The molecule has 13 heavy (non-hydrogen) atoms. The molecule has 1 nitrogen and oxygen atoms in total. The monoisotopic (exact) mass is 173 g/mol. The van der Waals surface area contributed by atoms with Crippen molar-refractivity contribution >= 4 is 0 Å². The molecule has 0 unspecified atom stereocenters. The molecule has 0 radical (unpaired) electrons. The SMILES string of the molecule is CC.Cc1cnc2c(c1)CC#CC2. The Morgan fingerprint density at radius 2 is 1.92 bits per heavy atom. The van der Waals surface area contributed by atoms with Gasteiger partial charge >= 0.3 is 0 Å². The van der Waals surface area contributed by atoms with Crippen molar-refractivity contribution < 1.29 is 0 Å². The molecule has 0 aliphatic heterocycles. The number of hydrogen-bond acceptors (Lipinski definition) is 1. The average Bonchev–Trinajstić information content (AvgIpc) is 2.21.